The Hall–Kier alpha value is -2.81. The second-order valence-electron chi connectivity index (χ2n) is 7.44. The molecule has 1 amide bonds. The first-order valence-electron chi connectivity index (χ1n) is 9.82. The number of halogens is 1. The molecule has 0 bridgehead atoms. The molecular weight excluding hydrogens is 384 g/mol. The third-order valence-corrected chi connectivity index (χ3v) is 6.04. The van der Waals surface area contributed by atoms with Crippen molar-refractivity contribution in [2.75, 3.05) is 19.6 Å². The number of H-pyrrole nitrogens is 1. The molecule has 0 fully saturated rings. The van der Waals surface area contributed by atoms with E-state index in [2.05, 4.69) is 52.5 Å². The first-order chi connectivity index (χ1) is 14.1. The van der Waals surface area contributed by atoms with Gasteiger partial charge in [-0.15, -0.1) is 0 Å². The highest BCUT2D eigenvalue weighted by molar-refractivity contribution is 6.31. The van der Waals surface area contributed by atoms with E-state index in [-0.39, 0.29) is 24.4 Å². The van der Waals surface area contributed by atoms with Crippen molar-refractivity contribution in [1.29, 1.82) is 5.26 Å². The Morgan fingerprint density at radius 2 is 2.03 bits per heavy atom. The maximum atomic E-state index is 12.4. The standard InChI is InChI=1S/C23H23ClN4O/c1-15-23-22(17-8-3-5-10-20(17)27-23)18(16-7-2-4-9-19(16)24)13-28(15)14-21(29)26-12-6-11-25/h2-5,7-10,15,18,27H,6,12-14H2,1H3,(H,26,29)/t15-,18-/m0/s1. The highest BCUT2D eigenvalue weighted by Crippen LogP contribution is 2.44. The average Bonchev–Trinajstić information content (AvgIpc) is 3.11. The summed E-state index contributed by atoms with van der Waals surface area (Å²) in [4.78, 5) is 18.2. The molecule has 1 aliphatic heterocycles. The molecule has 0 radical (unpaired) electrons. The fraction of sp³-hybridized carbons (Fsp3) is 0.304. The summed E-state index contributed by atoms with van der Waals surface area (Å²) in [5.74, 6) is 0.00234. The number of carbonyl (C=O) groups excluding carboxylic acids is 1. The molecule has 2 atom stereocenters. The Bertz CT molecular complexity index is 1080. The molecule has 2 N–H and O–H groups in total. The van der Waals surface area contributed by atoms with Gasteiger partial charge in [-0.1, -0.05) is 48.0 Å². The number of rotatable bonds is 5. The van der Waals surface area contributed by atoms with Gasteiger partial charge in [-0.05, 0) is 30.2 Å². The summed E-state index contributed by atoms with van der Waals surface area (Å²) in [5, 5.41) is 13.5. The normalized spacial score (nSPS) is 18.9. The zero-order chi connectivity index (χ0) is 20.4. The number of aromatic nitrogens is 1. The van der Waals surface area contributed by atoms with Crippen molar-refractivity contribution < 1.29 is 4.79 Å². The minimum absolute atomic E-state index is 0.0652. The Labute approximate surface area is 175 Å². The summed E-state index contributed by atoms with van der Waals surface area (Å²) in [7, 11) is 0. The smallest absolute Gasteiger partial charge is 0.234 e. The fourth-order valence-corrected chi connectivity index (χ4v) is 4.53. The predicted molar refractivity (Wildman–Crippen MR) is 115 cm³/mol. The second-order valence-corrected chi connectivity index (χ2v) is 7.84. The minimum Gasteiger partial charge on any atom is -0.357 e. The van der Waals surface area contributed by atoms with Crippen molar-refractivity contribution in [2.45, 2.75) is 25.3 Å². The lowest BCUT2D eigenvalue weighted by Crippen LogP contribution is -2.43. The number of nitriles is 1. The zero-order valence-corrected chi connectivity index (χ0v) is 17.0. The molecule has 0 aliphatic carbocycles. The van der Waals surface area contributed by atoms with E-state index in [9.17, 15) is 4.79 Å². The first-order valence-corrected chi connectivity index (χ1v) is 10.2. The van der Waals surface area contributed by atoms with E-state index in [1.807, 2.05) is 24.3 Å². The van der Waals surface area contributed by atoms with Crippen molar-refractivity contribution in [3.05, 3.63) is 70.4 Å². The molecule has 0 spiro atoms. The number of hydrogen-bond acceptors (Lipinski definition) is 3. The van der Waals surface area contributed by atoms with Gasteiger partial charge >= 0.3 is 0 Å². The number of para-hydroxylation sites is 1. The van der Waals surface area contributed by atoms with Crippen molar-refractivity contribution in [3.63, 3.8) is 0 Å². The van der Waals surface area contributed by atoms with Gasteiger partial charge in [0.15, 0.2) is 0 Å². The summed E-state index contributed by atoms with van der Waals surface area (Å²) < 4.78 is 0. The third kappa shape index (κ3) is 3.74. The van der Waals surface area contributed by atoms with E-state index in [1.165, 1.54) is 10.9 Å². The number of amides is 1. The molecule has 5 nitrogen and oxygen atoms in total. The van der Waals surface area contributed by atoms with Crippen LogP contribution in [-0.2, 0) is 4.79 Å². The Kier molecular flexibility index (Phi) is 5.57. The SMILES string of the molecule is C[C@H]1c2[nH]c3ccccc3c2[C@H](c2ccccc2Cl)CN1CC(=O)NCCC#N. The van der Waals surface area contributed by atoms with Crippen LogP contribution in [0.15, 0.2) is 48.5 Å². The van der Waals surface area contributed by atoms with Gasteiger partial charge in [0, 0.05) is 46.7 Å². The fourth-order valence-electron chi connectivity index (χ4n) is 4.27. The van der Waals surface area contributed by atoms with Crippen LogP contribution in [0.5, 0.6) is 0 Å². The number of aromatic amines is 1. The van der Waals surface area contributed by atoms with Gasteiger partial charge in [-0.3, -0.25) is 9.69 Å². The number of benzene rings is 2. The molecule has 4 rings (SSSR count). The van der Waals surface area contributed by atoms with E-state index in [0.717, 1.165) is 21.8 Å². The number of carbonyl (C=O) groups is 1. The van der Waals surface area contributed by atoms with Crippen molar-refractivity contribution in [3.8, 4) is 6.07 Å². The van der Waals surface area contributed by atoms with Crippen LogP contribution in [0.1, 0.15) is 42.1 Å². The number of fused-ring (bicyclic) bond motifs is 3. The van der Waals surface area contributed by atoms with E-state index >= 15 is 0 Å². The van der Waals surface area contributed by atoms with Gasteiger partial charge in [0.05, 0.1) is 19.0 Å². The minimum atomic E-state index is -0.0652. The summed E-state index contributed by atoms with van der Waals surface area (Å²) in [6.45, 7) is 3.48. The van der Waals surface area contributed by atoms with Gasteiger partial charge in [0.1, 0.15) is 0 Å². The van der Waals surface area contributed by atoms with Crippen molar-refractivity contribution in [1.82, 2.24) is 15.2 Å². The summed E-state index contributed by atoms with van der Waals surface area (Å²) in [6.07, 6.45) is 0.315. The van der Waals surface area contributed by atoms with Crippen LogP contribution in [-0.4, -0.2) is 35.4 Å². The molecule has 148 valence electrons. The third-order valence-electron chi connectivity index (χ3n) is 5.69. The first kappa shape index (κ1) is 19.5. The monoisotopic (exact) mass is 406 g/mol. The lowest BCUT2D eigenvalue weighted by molar-refractivity contribution is -0.122. The highest BCUT2D eigenvalue weighted by Gasteiger charge is 2.36. The molecule has 2 aromatic carbocycles. The van der Waals surface area contributed by atoms with Crippen molar-refractivity contribution >= 4 is 28.4 Å². The maximum Gasteiger partial charge on any atom is 0.234 e. The predicted octanol–water partition coefficient (Wildman–Crippen LogP) is 4.36. The van der Waals surface area contributed by atoms with Crippen LogP contribution < -0.4 is 5.32 Å². The molecule has 0 saturated heterocycles. The van der Waals surface area contributed by atoms with Gasteiger partial charge in [-0.25, -0.2) is 0 Å². The van der Waals surface area contributed by atoms with Crippen LogP contribution in [0.4, 0.5) is 0 Å². The van der Waals surface area contributed by atoms with Crippen LogP contribution in [0.2, 0.25) is 5.02 Å². The highest BCUT2D eigenvalue weighted by atomic mass is 35.5. The topological polar surface area (TPSA) is 71.9 Å². The zero-order valence-electron chi connectivity index (χ0n) is 16.3. The number of hydrogen-bond donors (Lipinski definition) is 2. The Morgan fingerprint density at radius 1 is 1.28 bits per heavy atom. The van der Waals surface area contributed by atoms with Crippen molar-refractivity contribution in [2.24, 2.45) is 0 Å². The molecule has 0 unspecified atom stereocenters. The largest absolute Gasteiger partial charge is 0.357 e. The molecule has 6 heteroatoms. The lowest BCUT2D eigenvalue weighted by Gasteiger charge is -2.38. The van der Waals surface area contributed by atoms with E-state index in [4.69, 9.17) is 16.9 Å². The Balaban J connectivity index is 1.73. The van der Waals surface area contributed by atoms with Crippen LogP contribution in [0.3, 0.4) is 0 Å². The summed E-state index contributed by atoms with van der Waals surface area (Å²) >= 11 is 6.58. The molecule has 1 aliphatic rings. The lowest BCUT2D eigenvalue weighted by atomic mass is 9.83. The molecule has 0 saturated carbocycles. The summed E-state index contributed by atoms with van der Waals surface area (Å²) in [6, 6.07) is 18.4. The van der Waals surface area contributed by atoms with E-state index < -0.39 is 0 Å². The number of nitrogens with one attached hydrogen (secondary N) is 2. The Morgan fingerprint density at radius 3 is 2.83 bits per heavy atom. The molecule has 29 heavy (non-hydrogen) atoms. The molecular formula is C23H23ClN4O. The molecule has 3 aromatic rings. The van der Waals surface area contributed by atoms with Gasteiger partial charge in [-0.2, -0.15) is 5.26 Å². The van der Waals surface area contributed by atoms with Gasteiger partial charge < -0.3 is 10.3 Å². The quantitative estimate of drug-likeness (QED) is 0.618. The summed E-state index contributed by atoms with van der Waals surface area (Å²) in [5.41, 5.74) is 4.57. The van der Waals surface area contributed by atoms with Crippen LogP contribution in [0, 0.1) is 11.3 Å². The van der Waals surface area contributed by atoms with Crippen LogP contribution in [0.25, 0.3) is 10.9 Å². The number of nitrogens with zero attached hydrogens (tertiary/aromatic N) is 2. The van der Waals surface area contributed by atoms with E-state index in [1.54, 1.807) is 0 Å². The van der Waals surface area contributed by atoms with Gasteiger partial charge in [0.2, 0.25) is 5.91 Å². The average molecular weight is 407 g/mol. The van der Waals surface area contributed by atoms with Crippen LogP contribution >= 0.6 is 11.6 Å². The van der Waals surface area contributed by atoms with Gasteiger partial charge in [0.25, 0.3) is 0 Å². The molecule has 2 heterocycles. The molecule has 1 aromatic heterocycles. The van der Waals surface area contributed by atoms with E-state index in [0.29, 0.717) is 19.5 Å². The second kappa shape index (κ2) is 8.28. The maximum absolute atomic E-state index is 12.4.